The minimum atomic E-state index is 0.201. The van der Waals surface area contributed by atoms with Crippen molar-refractivity contribution < 1.29 is 5.11 Å². The Hall–Kier alpha value is -1.58. The minimum absolute atomic E-state index is 0.201. The Morgan fingerprint density at radius 3 is 2.60 bits per heavy atom. The number of rotatable bonds is 0. The summed E-state index contributed by atoms with van der Waals surface area (Å²) in [6.45, 7) is 0. The molecule has 4 heteroatoms. The molecule has 0 radical (unpaired) electrons. The van der Waals surface area contributed by atoms with E-state index in [-0.39, 0.29) is 5.75 Å². The van der Waals surface area contributed by atoms with Crippen molar-refractivity contribution in [2.75, 3.05) is 0 Å². The van der Waals surface area contributed by atoms with Gasteiger partial charge in [0.05, 0.1) is 12.4 Å². The van der Waals surface area contributed by atoms with Crippen molar-refractivity contribution in [1.82, 2.24) is 14.8 Å². The van der Waals surface area contributed by atoms with E-state index in [1.54, 1.807) is 12.3 Å². The van der Waals surface area contributed by atoms with E-state index in [9.17, 15) is 0 Å². The lowest BCUT2D eigenvalue weighted by molar-refractivity contribution is 0.475. The first kappa shape index (κ1) is 5.22. The summed E-state index contributed by atoms with van der Waals surface area (Å²) in [4.78, 5) is 0. The molecule has 0 atom stereocenters. The molecule has 1 N–H and O–H groups in total. The molecule has 0 aliphatic carbocycles. The van der Waals surface area contributed by atoms with Gasteiger partial charge in [-0.05, 0) is 6.07 Å². The standard InChI is InChI=1S/C6H5N3O/c10-6-2-4-8-9-5(6)1-3-7-9/h1-4,10H. The van der Waals surface area contributed by atoms with Gasteiger partial charge in [0.15, 0.2) is 0 Å². The van der Waals surface area contributed by atoms with Gasteiger partial charge in [-0.3, -0.25) is 0 Å². The molecular formula is C6H5N3O. The van der Waals surface area contributed by atoms with Crippen molar-refractivity contribution in [3.05, 3.63) is 24.5 Å². The van der Waals surface area contributed by atoms with Crippen LogP contribution in [0.3, 0.4) is 0 Å². The van der Waals surface area contributed by atoms with Gasteiger partial charge in [0, 0.05) is 6.07 Å². The molecule has 50 valence electrons. The Morgan fingerprint density at radius 2 is 1.90 bits per heavy atom. The molecule has 0 aliphatic heterocycles. The van der Waals surface area contributed by atoms with Crippen molar-refractivity contribution in [2.24, 2.45) is 0 Å². The maximum absolute atomic E-state index is 9.16. The van der Waals surface area contributed by atoms with E-state index in [0.29, 0.717) is 5.52 Å². The highest BCUT2D eigenvalue weighted by Gasteiger charge is 1.97. The average Bonchev–Trinajstić information content (AvgIpc) is 2.36. The first-order valence-corrected chi connectivity index (χ1v) is 2.86. The van der Waals surface area contributed by atoms with Crippen LogP contribution in [-0.2, 0) is 0 Å². The third kappa shape index (κ3) is 0.556. The summed E-state index contributed by atoms with van der Waals surface area (Å²) in [5, 5.41) is 16.8. The summed E-state index contributed by atoms with van der Waals surface area (Å²) in [6.07, 6.45) is 3.08. The predicted octanol–water partition coefficient (Wildman–Crippen LogP) is 0.435. The van der Waals surface area contributed by atoms with Crippen LogP contribution < -0.4 is 0 Å². The Kier molecular flexibility index (Phi) is 0.887. The van der Waals surface area contributed by atoms with Gasteiger partial charge >= 0.3 is 0 Å². The number of aromatic nitrogens is 3. The molecule has 10 heavy (non-hydrogen) atoms. The van der Waals surface area contributed by atoms with Gasteiger partial charge in [0.2, 0.25) is 0 Å². The molecule has 2 aromatic rings. The van der Waals surface area contributed by atoms with E-state index in [4.69, 9.17) is 5.11 Å². The summed E-state index contributed by atoms with van der Waals surface area (Å²) in [5.74, 6) is 0.201. The fourth-order valence-corrected chi connectivity index (χ4v) is 0.828. The Labute approximate surface area is 56.7 Å². The predicted molar refractivity (Wildman–Crippen MR) is 34.7 cm³/mol. The molecule has 4 nitrogen and oxygen atoms in total. The molecule has 0 bridgehead atoms. The van der Waals surface area contributed by atoms with Gasteiger partial charge in [0.1, 0.15) is 11.3 Å². The fraction of sp³-hybridized carbons (Fsp3) is 0. The number of aromatic hydroxyl groups is 1. The minimum Gasteiger partial charge on any atom is -0.506 e. The van der Waals surface area contributed by atoms with Gasteiger partial charge in [-0.1, -0.05) is 0 Å². The van der Waals surface area contributed by atoms with E-state index in [2.05, 4.69) is 10.2 Å². The maximum Gasteiger partial charge on any atom is 0.144 e. The van der Waals surface area contributed by atoms with Crippen LogP contribution in [0.1, 0.15) is 0 Å². The highest BCUT2D eigenvalue weighted by Crippen LogP contribution is 2.13. The third-order valence-electron chi connectivity index (χ3n) is 1.29. The normalized spacial score (nSPS) is 10.4. The molecule has 0 spiro atoms. The zero-order valence-corrected chi connectivity index (χ0v) is 5.10. The second-order valence-electron chi connectivity index (χ2n) is 1.92. The molecule has 0 saturated heterocycles. The number of hydrogen-bond acceptors (Lipinski definition) is 3. The largest absolute Gasteiger partial charge is 0.506 e. The quantitative estimate of drug-likeness (QED) is 0.570. The van der Waals surface area contributed by atoms with Crippen LogP contribution in [0.5, 0.6) is 5.75 Å². The van der Waals surface area contributed by atoms with Crippen LogP contribution in [0.25, 0.3) is 5.52 Å². The van der Waals surface area contributed by atoms with E-state index in [1.165, 1.54) is 16.9 Å². The highest BCUT2D eigenvalue weighted by molar-refractivity contribution is 5.56. The Balaban J connectivity index is 2.95. The zero-order chi connectivity index (χ0) is 6.97. The van der Waals surface area contributed by atoms with Crippen molar-refractivity contribution >= 4 is 5.52 Å². The first-order chi connectivity index (χ1) is 4.88. The monoisotopic (exact) mass is 135 g/mol. The molecule has 2 rings (SSSR count). The van der Waals surface area contributed by atoms with Crippen molar-refractivity contribution in [2.45, 2.75) is 0 Å². The van der Waals surface area contributed by atoms with Crippen LogP contribution >= 0.6 is 0 Å². The summed E-state index contributed by atoms with van der Waals surface area (Å²) in [5.41, 5.74) is 0.627. The van der Waals surface area contributed by atoms with E-state index < -0.39 is 0 Å². The molecular weight excluding hydrogens is 130 g/mol. The molecule has 2 aromatic heterocycles. The first-order valence-electron chi connectivity index (χ1n) is 2.86. The molecule has 2 heterocycles. The average molecular weight is 135 g/mol. The third-order valence-corrected chi connectivity index (χ3v) is 1.29. The molecule has 0 aliphatic rings. The fourth-order valence-electron chi connectivity index (χ4n) is 0.828. The van der Waals surface area contributed by atoms with Crippen LogP contribution in [-0.4, -0.2) is 19.9 Å². The maximum atomic E-state index is 9.16. The number of nitrogens with zero attached hydrogens (tertiary/aromatic N) is 3. The summed E-state index contributed by atoms with van der Waals surface area (Å²) >= 11 is 0. The summed E-state index contributed by atoms with van der Waals surface area (Å²) < 4.78 is 1.37. The SMILES string of the molecule is Oc1ccnn2nccc12. The van der Waals surface area contributed by atoms with Gasteiger partial charge < -0.3 is 5.11 Å². The summed E-state index contributed by atoms with van der Waals surface area (Å²) in [7, 11) is 0. The molecule has 0 amide bonds. The van der Waals surface area contributed by atoms with E-state index >= 15 is 0 Å². The van der Waals surface area contributed by atoms with Gasteiger partial charge in [-0.2, -0.15) is 10.2 Å². The lowest BCUT2D eigenvalue weighted by Crippen LogP contribution is -1.90. The second-order valence-corrected chi connectivity index (χ2v) is 1.92. The molecule has 0 fully saturated rings. The smallest absolute Gasteiger partial charge is 0.144 e. The van der Waals surface area contributed by atoms with Gasteiger partial charge in [-0.15, -0.1) is 4.63 Å². The van der Waals surface area contributed by atoms with E-state index in [1.807, 2.05) is 0 Å². The van der Waals surface area contributed by atoms with E-state index in [0.717, 1.165) is 0 Å². The van der Waals surface area contributed by atoms with Crippen LogP contribution in [0.15, 0.2) is 24.5 Å². The van der Waals surface area contributed by atoms with Gasteiger partial charge in [-0.25, -0.2) is 0 Å². The summed E-state index contributed by atoms with van der Waals surface area (Å²) in [6, 6.07) is 3.22. The molecule has 0 aromatic carbocycles. The van der Waals surface area contributed by atoms with Crippen molar-refractivity contribution in [3.63, 3.8) is 0 Å². The lowest BCUT2D eigenvalue weighted by atomic mass is 10.4. The second kappa shape index (κ2) is 1.70. The van der Waals surface area contributed by atoms with Gasteiger partial charge in [0.25, 0.3) is 0 Å². The van der Waals surface area contributed by atoms with Crippen LogP contribution in [0.2, 0.25) is 0 Å². The van der Waals surface area contributed by atoms with Crippen molar-refractivity contribution in [3.8, 4) is 5.75 Å². The van der Waals surface area contributed by atoms with Crippen LogP contribution in [0, 0.1) is 0 Å². The Bertz CT molecular complexity index is 355. The number of fused-ring (bicyclic) bond motifs is 1. The lowest BCUT2D eigenvalue weighted by Gasteiger charge is -1.91. The molecule has 0 saturated carbocycles. The highest BCUT2D eigenvalue weighted by atomic mass is 16.3. The van der Waals surface area contributed by atoms with Crippen LogP contribution in [0.4, 0.5) is 0 Å². The number of hydrogen-bond donors (Lipinski definition) is 1. The topological polar surface area (TPSA) is 50.4 Å². The zero-order valence-electron chi connectivity index (χ0n) is 5.10. The Morgan fingerprint density at radius 1 is 1.20 bits per heavy atom. The van der Waals surface area contributed by atoms with Crippen molar-refractivity contribution in [1.29, 1.82) is 0 Å². The molecule has 0 unspecified atom stereocenters.